The maximum absolute atomic E-state index is 12.3. The molecule has 0 heterocycles. The average Bonchev–Trinajstić information content (AvgIpc) is 2.72. The Balaban J connectivity index is 2.05. The minimum Gasteiger partial charge on any atom is -0.448 e. The Hall–Kier alpha value is -3.92. The van der Waals surface area contributed by atoms with E-state index in [0.29, 0.717) is 16.8 Å². The van der Waals surface area contributed by atoms with Crippen LogP contribution in [0.2, 0.25) is 0 Å². The second kappa shape index (κ2) is 10.0. The van der Waals surface area contributed by atoms with Crippen LogP contribution >= 0.6 is 0 Å². The van der Waals surface area contributed by atoms with Crippen LogP contribution in [0.3, 0.4) is 0 Å². The summed E-state index contributed by atoms with van der Waals surface area (Å²) in [6.45, 7) is 2.83. The number of Topliss-reactive ketones (excluding diaryl/α,β-unsaturated/α-hetero) is 1. The fourth-order valence-electron chi connectivity index (χ4n) is 2.51. The van der Waals surface area contributed by atoms with Crippen LogP contribution in [-0.4, -0.2) is 37.9 Å². The topological polar surface area (TPSA) is 99.5 Å². The Kier molecular flexibility index (Phi) is 7.48. The molecular weight excluding hydrogens is 382 g/mol. The molecule has 0 radical (unpaired) electrons. The van der Waals surface area contributed by atoms with Crippen molar-refractivity contribution in [2.24, 2.45) is 0 Å². The van der Waals surface area contributed by atoms with Gasteiger partial charge in [0.15, 0.2) is 11.9 Å². The lowest BCUT2D eigenvalue weighted by atomic mass is 10.1. The highest BCUT2D eigenvalue weighted by molar-refractivity contribution is 6.01. The Morgan fingerprint density at radius 3 is 2.37 bits per heavy atom. The number of amides is 1. The largest absolute Gasteiger partial charge is 0.448 e. The summed E-state index contributed by atoms with van der Waals surface area (Å²) in [4.78, 5) is 38.0. The van der Waals surface area contributed by atoms with E-state index in [1.165, 1.54) is 26.0 Å². The zero-order valence-corrected chi connectivity index (χ0v) is 17.3. The van der Waals surface area contributed by atoms with Crippen molar-refractivity contribution >= 4 is 35.1 Å². The standard InChI is InChI=1S/C23H23N3O4/c1-15(27)18-6-5-7-20(13-18)25-22(28)16(2)30-23(29)19(14-24)12-17-8-10-21(11-9-17)26(3)4/h5-13,16H,1-4H3,(H,25,28)/b19-12+/t16-/m0/s1. The van der Waals surface area contributed by atoms with Gasteiger partial charge in [-0.3, -0.25) is 9.59 Å². The molecule has 0 bridgehead atoms. The zero-order chi connectivity index (χ0) is 22.3. The quantitative estimate of drug-likeness (QED) is 0.328. The van der Waals surface area contributed by atoms with E-state index in [0.717, 1.165) is 5.69 Å². The maximum atomic E-state index is 12.3. The number of hydrogen-bond donors (Lipinski definition) is 1. The number of anilines is 2. The number of ketones is 1. The molecule has 0 saturated heterocycles. The van der Waals surface area contributed by atoms with E-state index >= 15 is 0 Å². The van der Waals surface area contributed by atoms with Crippen molar-refractivity contribution in [2.75, 3.05) is 24.3 Å². The fourth-order valence-corrected chi connectivity index (χ4v) is 2.51. The van der Waals surface area contributed by atoms with Gasteiger partial charge in [0.05, 0.1) is 0 Å². The molecule has 0 aliphatic carbocycles. The van der Waals surface area contributed by atoms with E-state index in [4.69, 9.17) is 4.74 Å². The SMILES string of the molecule is CC(=O)c1cccc(NC(=O)[C@H](C)OC(=O)/C(C#N)=C/c2ccc(N(C)C)cc2)c1. The molecule has 1 amide bonds. The minimum atomic E-state index is -1.13. The highest BCUT2D eigenvalue weighted by Gasteiger charge is 2.21. The predicted octanol–water partition coefficient (Wildman–Crippen LogP) is 3.43. The van der Waals surface area contributed by atoms with Gasteiger partial charge in [0, 0.05) is 31.0 Å². The van der Waals surface area contributed by atoms with Crippen LogP contribution in [0, 0.1) is 11.3 Å². The molecule has 1 atom stereocenters. The molecule has 1 N–H and O–H groups in total. The number of ether oxygens (including phenoxy) is 1. The van der Waals surface area contributed by atoms with Crippen LogP contribution in [0.4, 0.5) is 11.4 Å². The summed E-state index contributed by atoms with van der Waals surface area (Å²) in [6.07, 6.45) is 0.272. The first kappa shape index (κ1) is 22.4. The molecule has 30 heavy (non-hydrogen) atoms. The van der Waals surface area contributed by atoms with Crippen molar-refractivity contribution in [1.82, 2.24) is 0 Å². The number of nitrogens with one attached hydrogen (secondary N) is 1. The van der Waals surface area contributed by atoms with Gasteiger partial charge in [-0.25, -0.2) is 4.79 Å². The fraction of sp³-hybridized carbons (Fsp3) is 0.217. The smallest absolute Gasteiger partial charge is 0.349 e. The first-order chi connectivity index (χ1) is 14.2. The lowest BCUT2D eigenvalue weighted by Gasteiger charge is -2.14. The molecular formula is C23H23N3O4. The van der Waals surface area contributed by atoms with Gasteiger partial charge in [0.25, 0.3) is 5.91 Å². The van der Waals surface area contributed by atoms with E-state index in [2.05, 4.69) is 5.32 Å². The highest BCUT2D eigenvalue weighted by atomic mass is 16.5. The molecule has 2 rings (SSSR count). The summed E-state index contributed by atoms with van der Waals surface area (Å²) in [5, 5.41) is 11.9. The van der Waals surface area contributed by atoms with Crippen LogP contribution in [0.1, 0.15) is 29.8 Å². The van der Waals surface area contributed by atoms with Gasteiger partial charge in [-0.05, 0) is 49.8 Å². The Morgan fingerprint density at radius 1 is 1.13 bits per heavy atom. The molecule has 7 nitrogen and oxygen atoms in total. The molecule has 0 aliphatic rings. The van der Waals surface area contributed by atoms with Crippen molar-refractivity contribution < 1.29 is 19.1 Å². The van der Waals surface area contributed by atoms with E-state index < -0.39 is 18.0 Å². The van der Waals surface area contributed by atoms with Crippen LogP contribution < -0.4 is 10.2 Å². The van der Waals surface area contributed by atoms with Crippen molar-refractivity contribution in [2.45, 2.75) is 20.0 Å². The number of rotatable bonds is 7. The third kappa shape index (κ3) is 6.04. The van der Waals surface area contributed by atoms with Gasteiger partial charge in [0.2, 0.25) is 0 Å². The Morgan fingerprint density at radius 2 is 1.80 bits per heavy atom. The Labute approximate surface area is 175 Å². The molecule has 0 saturated carbocycles. The van der Waals surface area contributed by atoms with E-state index in [-0.39, 0.29) is 11.4 Å². The van der Waals surface area contributed by atoms with Crippen LogP contribution in [0.5, 0.6) is 0 Å². The molecule has 0 unspecified atom stereocenters. The normalized spacial score (nSPS) is 11.8. The van der Waals surface area contributed by atoms with Crippen molar-refractivity contribution in [3.63, 3.8) is 0 Å². The molecule has 0 fully saturated rings. The third-order valence-electron chi connectivity index (χ3n) is 4.25. The monoisotopic (exact) mass is 405 g/mol. The lowest BCUT2D eigenvalue weighted by molar-refractivity contribution is -0.148. The summed E-state index contributed by atoms with van der Waals surface area (Å²) in [6, 6.07) is 15.5. The van der Waals surface area contributed by atoms with Crippen molar-refractivity contribution in [1.29, 1.82) is 5.26 Å². The third-order valence-corrected chi connectivity index (χ3v) is 4.25. The van der Waals surface area contributed by atoms with Crippen LogP contribution in [0.15, 0.2) is 54.1 Å². The van der Waals surface area contributed by atoms with Crippen LogP contribution in [0.25, 0.3) is 6.08 Å². The first-order valence-electron chi connectivity index (χ1n) is 9.23. The number of benzene rings is 2. The highest BCUT2D eigenvalue weighted by Crippen LogP contribution is 2.16. The van der Waals surface area contributed by atoms with Gasteiger partial charge in [-0.2, -0.15) is 5.26 Å². The maximum Gasteiger partial charge on any atom is 0.349 e. The number of carbonyl (C=O) groups excluding carboxylic acids is 3. The second-order valence-electron chi connectivity index (χ2n) is 6.83. The number of hydrogen-bond acceptors (Lipinski definition) is 6. The molecule has 0 aromatic heterocycles. The summed E-state index contributed by atoms with van der Waals surface area (Å²) >= 11 is 0. The summed E-state index contributed by atoms with van der Waals surface area (Å²) in [5.41, 5.74) is 2.28. The van der Waals surface area contributed by atoms with E-state index in [9.17, 15) is 19.6 Å². The predicted molar refractivity (Wildman–Crippen MR) is 115 cm³/mol. The molecule has 0 aliphatic heterocycles. The zero-order valence-electron chi connectivity index (χ0n) is 17.3. The van der Waals surface area contributed by atoms with E-state index in [1.54, 1.807) is 30.3 Å². The van der Waals surface area contributed by atoms with Gasteiger partial charge in [-0.15, -0.1) is 0 Å². The molecule has 0 spiro atoms. The Bertz CT molecular complexity index is 1020. The number of nitrogens with zero attached hydrogens (tertiary/aromatic N) is 2. The van der Waals surface area contributed by atoms with E-state index in [1.807, 2.05) is 37.2 Å². The first-order valence-corrected chi connectivity index (χ1v) is 9.23. The number of nitriles is 1. The van der Waals surface area contributed by atoms with Crippen LogP contribution in [-0.2, 0) is 14.3 Å². The minimum absolute atomic E-state index is 0.131. The summed E-state index contributed by atoms with van der Waals surface area (Å²) < 4.78 is 5.13. The summed E-state index contributed by atoms with van der Waals surface area (Å²) in [7, 11) is 3.82. The summed E-state index contributed by atoms with van der Waals surface area (Å²) in [5.74, 6) is -1.60. The van der Waals surface area contributed by atoms with Gasteiger partial charge in [-0.1, -0.05) is 24.3 Å². The molecule has 2 aromatic rings. The number of carbonyl (C=O) groups is 3. The van der Waals surface area contributed by atoms with Crippen molar-refractivity contribution in [3.8, 4) is 6.07 Å². The second-order valence-corrected chi connectivity index (χ2v) is 6.83. The van der Waals surface area contributed by atoms with Crippen molar-refractivity contribution in [3.05, 3.63) is 65.2 Å². The van der Waals surface area contributed by atoms with Gasteiger partial charge < -0.3 is 15.0 Å². The average molecular weight is 405 g/mol. The molecule has 2 aromatic carbocycles. The van der Waals surface area contributed by atoms with Gasteiger partial charge in [0.1, 0.15) is 11.6 Å². The number of esters is 1. The molecule has 7 heteroatoms. The van der Waals surface area contributed by atoms with Gasteiger partial charge >= 0.3 is 5.97 Å². The lowest BCUT2D eigenvalue weighted by Crippen LogP contribution is -2.30. The molecule has 154 valence electrons.